The average Bonchev–Trinajstić information content (AvgIpc) is 4.17. The number of benzene rings is 2. The van der Waals surface area contributed by atoms with Gasteiger partial charge in [-0.25, -0.2) is 16.8 Å². The summed E-state index contributed by atoms with van der Waals surface area (Å²) >= 11 is 0. The lowest BCUT2D eigenvalue weighted by Crippen LogP contribution is -2.44. The van der Waals surface area contributed by atoms with Crippen LogP contribution in [0, 0.1) is 36.5 Å². The summed E-state index contributed by atoms with van der Waals surface area (Å²) in [5, 5.41) is 3.20. The Kier molecular flexibility index (Phi) is 15.3. The van der Waals surface area contributed by atoms with Crippen LogP contribution in [0.5, 0.6) is 0 Å². The van der Waals surface area contributed by atoms with Crippen LogP contribution in [-0.4, -0.2) is 153 Å². The predicted molar refractivity (Wildman–Crippen MR) is 249 cm³/mol. The average molecular weight is 1030 g/mol. The molecule has 2 saturated heterocycles. The van der Waals surface area contributed by atoms with Gasteiger partial charge in [0, 0.05) is 78.0 Å². The highest BCUT2D eigenvalue weighted by Gasteiger charge is 2.52. The Labute approximate surface area is 406 Å². The molecule has 2 aromatic carbocycles. The molecule has 384 valence electrons. The van der Waals surface area contributed by atoms with Gasteiger partial charge in [0.1, 0.15) is 11.1 Å². The number of terminal acetylenes is 2. The first-order valence-electron chi connectivity index (χ1n) is 23.2. The van der Waals surface area contributed by atoms with E-state index in [4.69, 9.17) is 22.3 Å². The van der Waals surface area contributed by atoms with Crippen LogP contribution in [0.3, 0.4) is 0 Å². The molecule has 22 heteroatoms. The summed E-state index contributed by atoms with van der Waals surface area (Å²) < 4.78 is 149. The number of rotatable bonds is 12. The van der Waals surface area contributed by atoms with Gasteiger partial charge in [0.05, 0.1) is 55.5 Å². The van der Waals surface area contributed by atoms with Crippen molar-refractivity contribution in [2.45, 2.75) is 107 Å². The van der Waals surface area contributed by atoms with Crippen molar-refractivity contribution in [1.29, 1.82) is 0 Å². The van der Waals surface area contributed by atoms with Gasteiger partial charge in [0.25, 0.3) is 0 Å². The van der Waals surface area contributed by atoms with Crippen LogP contribution >= 0.6 is 0 Å². The maximum absolute atomic E-state index is 14.1. The van der Waals surface area contributed by atoms with Gasteiger partial charge in [-0.2, -0.15) is 26.3 Å². The minimum absolute atomic E-state index is 0.0719. The van der Waals surface area contributed by atoms with Crippen LogP contribution in [0.15, 0.2) is 46.2 Å². The monoisotopic (exact) mass is 1030 g/mol. The molecule has 8 rings (SSSR count). The number of hydrogen-bond donors (Lipinski definition) is 2. The molecule has 0 radical (unpaired) electrons. The van der Waals surface area contributed by atoms with E-state index in [0.29, 0.717) is 89.4 Å². The Morgan fingerprint density at radius 2 is 0.929 bits per heavy atom. The molecule has 2 aromatic rings. The maximum Gasteiger partial charge on any atom is 0.417 e. The Hall–Kier alpha value is -4.58. The second kappa shape index (κ2) is 20.1. The number of anilines is 2. The first-order valence-corrected chi connectivity index (χ1v) is 26.3. The SMILES string of the molecule is C#CC1(NC(=O)[C@@H]2C[C@@H](S(=O)(=O)c3ccc(N4CCN(C)CC4)cc3C(F)(F)F)C[C@H]2OC)CC1.C#CC1(NC(=O)[C@H]2C[C@H](S(=O)(=O)c3ccc(N4CCN(C)CC4)cc3C(F)(F)F)C[C@@H]2OC)CC1. The first kappa shape index (κ1) is 53.2. The van der Waals surface area contributed by atoms with E-state index >= 15 is 0 Å². The quantitative estimate of drug-likeness (QED) is 0.225. The van der Waals surface area contributed by atoms with E-state index in [1.54, 1.807) is 0 Å². The zero-order chi connectivity index (χ0) is 51.2. The number of likely N-dealkylation sites (N-methyl/N-ethyl adjacent to an activating group) is 2. The Morgan fingerprint density at radius 1 is 0.600 bits per heavy atom. The largest absolute Gasteiger partial charge is 0.417 e. The number of nitrogens with one attached hydrogen (secondary N) is 2. The van der Waals surface area contributed by atoms with Crippen LogP contribution in [0.1, 0.15) is 62.5 Å². The molecule has 14 nitrogen and oxygen atoms in total. The summed E-state index contributed by atoms with van der Waals surface area (Å²) in [7, 11) is -2.20. The fraction of sp³-hybridized carbons (Fsp3) is 0.625. The van der Waals surface area contributed by atoms with Gasteiger partial charge in [0.2, 0.25) is 11.8 Å². The minimum Gasteiger partial charge on any atom is -0.381 e. The number of sulfone groups is 2. The fourth-order valence-electron chi connectivity index (χ4n) is 9.86. The Morgan fingerprint density at radius 3 is 1.20 bits per heavy atom. The van der Waals surface area contributed by atoms with Gasteiger partial charge in [-0.05, 0) is 102 Å². The molecule has 6 fully saturated rings. The Balaban J connectivity index is 0.000000206. The molecule has 4 saturated carbocycles. The van der Waals surface area contributed by atoms with Gasteiger partial charge < -0.3 is 39.7 Å². The molecule has 0 unspecified atom stereocenters. The molecular formula is C48H60F6N6O8S2. The molecule has 2 amide bonds. The van der Waals surface area contributed by atoms with Crippen molar-refractivity contribution in [1.82, 2.24) is 20.4 Å². The molecule has 2 N–H and O–H groups in total. The van der Waals surface area contributed by atoms with E-state index in [1.165, 1.54) is 26.4 Å². The summed E-state index contributed by atoms with van der Waals surface area (Å²) in [6.45, 7) is 5.00. The third-order valence-corrected chi connectivity index (χ3v) is 19.2. The number of hydrogen-bond acceptors (Lipinski definition) is 12. The van der Waals surface area contributed by atoms with Crippen molar-refractivity contribution < 1.29 is 62.2 Å². The van der Waals surface area contributed by atoms with Gasteiger partial charge >= 0.3 is 12.4 Å². The highest BCUT2D eigenvalue weighted by Crippen LogP contribution is 2.45. The summed E-state index contributed by atoms with van der Waals surface area (Å²) in [6.07, 6.45) is 1.91. The number of amides is 2. The maximum atomic E-state index is 14.1. The van der Waals surface area contributed by atoms with Crippen molar-refractivity contribution in [2.24, 2.45) is 11.8 Å². The lowest BCUT2D eigenvalue weighted by atomic mass is 10.0. The second-order valence-electron chi connectivity index (χ2n) is 19.4. The van der Waals surface area contributed by atoms with Gasteiger partial charge in [-0.1, -0.05) is 11.8 Å². The summed E-state index contributed by atoms with van der Waals surface area (Å²) in [6, 6.07) is 6.83. The van der Waals surface area contributed by atoms with Gasteiger partial charge in [-0.15, -0.1) is 12.8 Å². The van der Waals surface area contributed by atoms with Crippen molar-refractivity contribution in [3.05, 3.63) is 47.5 Å². The lowest BCUT2D eigenvalue weighted by Gasteiger charge is -2.34. The number of alkyl halides is 6. The number of carbonyl (C=O) groups excluding carboxylic acids is 2. The highest BCUT2D eigenvalue weighted by molar-refractivity contribution is 7.92. The van der Waals surface area contributed by atoms with Crippen molar-refractivity contribution in [3.63, 3.8) is 0 Å². The molecule has 0 bridgehead atoms. The Bertz CT molecular complexity index is 2420. The zero-order valence-electron chi connectivity index (χ0n) is 39.5. The van der Waals surface area contributed by atoms with E-state index < -0.39 is 110 Å². The topological polar surface area (TPSA) is 158 Å². The molecule has 2 aliphatic heterocycles. The van der Waals surface area contributed by atoms with E-state index in [1.807, 2.05) is 23.9 Å². The molecule has 6 atom stereocenters. The summed E-state index contributed by atoms with van der Waals surface area (Å²) in [4.78, 5) is 32.0. The number of nitrogens with zero attached hydrogens (tertiary/aromatic N) is 4. The van der Waals surface area contributed by atoms with Gasteiger partial charge in [0.15, 0.2) is 19.7 Å². The molecule has 4 aliphatic carbocycles. The standard InChI is InChI=1S/2C24H30F3N3O4S/c2*1-4-23(7-8-23)28-22(31)18-14-17(15-20(18)34-3)35(32,33)21-6-5-16(13-19(21)24(25,26)27)30-11-9-29(2)10-12-30/h2*1,5-6,13,17-18,20H,7-12,14-15H2,2-3H3,(H,28,31)/t2*17-,18-,20-/m10/s1. The molecule has 70 heavy (non-hydrogen) atoms. The van der Waals surface area contributed by atoms with Crippen LogP contribution in [0.25, 0.3) is 0 Å². The fourth-order valence-corrected chi connectivity index (χ4v) is 13.9. The number of piperazine rings is 2. The zero-order valence-corrected chi connectivity index (χ0v) is 41.2. The summed E-state index contributed by atoms with van der Waals surface area (Å²) in [5.41, 5.74) is -3.11. The van der Waals surface area contributed by atoms with E-state index in [0.717, 1.165) is 24.3 Å². The molecular weight excluding hydrogens is 967 g/mol. The number of carbonyl (C=O) groups is 2. The van der Waals surface area contributed by atoms with E-state index in [2.05, 4.69) is 32.3 Å². The van der Waals surface area contributed by atoms with Gasteiger partial charge in [-0.3, -0.25) is 9.59 Å². The summed E-state index contributed by atoms with van der Waals surface area (Å²) in [5.74, 6) is 2.61. The van der Waals surface area contributed by atoms with Crippen LogP contribution in [0.4, 0.5) is 37.7 Å². The molecule has 2 heterocycles. The first-order chi connectivity index (χ1) is 32.8. The number of ether oxygens (including phenoxy) is 2. The van der Waals surface area contributed by atoms with Crippen molar-refractivity contribution in [3.8, 4) is 24.7 Å². The van der Waals surface area contributed by atoms with Crippen molar-refractivity contribution >= 4 is 42.9 Å². The second-order valence-corrected chi connectivity index (χ2v) is 23.8. The number of methoxy groups -OCH3 is 2. The smallest absolute Gasteiger partial charge is 0.381 e. The third-order valence-electron chi connectivity index (χ3n) is 14.7. The van der Waals surface area contributed by atoms with Crippen LogP contribution < -0.4 is 20.4 Å². The predicted octanol–water partition coefficient (Wildman–Crippen LogP) is 4.61. The third kappa shape index (κ3) is 11.4. The molecule has 0 aromatic heterocycles. The van der Waals surface area contributed by atoms with Crippen LogP contribution in [-0.2, 0) is 51.1 Å². The lowest BCUT2D eigenvalue weighted by molar-refractivity contribution is -0.140. The van der Waals surface area contributed by atoms with Crippen LogP contribution in [0.2, 0.25) is 0 Å². The molecule has 6 aliphatic rings. The van der Waals surface area contributed by atoms with E-state index in [-0.39, 0.29) is 25.7 Å². The minimum atomic E-state index is -4.85. The number of halogens is 6. The van der Waals surface area contributed by atoms with Crippen molar-refractivity contribution in [2.75, 3.05) is 90.5 Å². The molecule has 0 spiro atoms. The normalized spacial score (nSPS) is 26.9. The highest BCUT2D eigenvalue weighted by atomic mass is 32.2. The van der Waals surface area contributed by atoms with E-state index in [9.17, 15) is 52.8 Å².